The molecule has 4 unspecified atom stereocenters. The van der Waals surface area contributed by atoms with E-state index in [9.17, 15) is 0 Å². The van der Waals surface area contributed by atoms with Crippen LogP contribution in [0.5, 0.6) is 0 Å². The second-order valence-electron chi connectivity index (χ2n) is 6.31. The van der Waals surface area contributed by atoms with Crippen molar-refractivity contribution in [2.75, 3.05) is 6.54 Å². The van der Waals surface area contributed by atoms with Crippen molar-refractivity contribution in [2.45, 2.75) is 77.5 Å². The van der Waals surface area contributed by atoms with Gasteiger partial charge in [-0.2, -0.15) is 0 Å². The standard InChI is InChI=1S/C15H29NO/c1-4-16-14-6-5-7-15(14)17-13-9-11(2)8-12(3)10-13/h11-16H,4-10H2,1-3H3. The number of likely N-dealkylation sites (N-methyl/N-ethyl adjacent to an activating group) is 1. The molecule has 100 valence electrons. The molecule has 2 rings (SSSR count). The Hall–Kier alpha value is -0.0800. The summed E-state index contributed by atoms with van der Waals surface area (Å²) in [6, 6.07) is 0.618. The monoisotopic (exact) mass is 239 g/mol. The second-order valence-corrected chi connectivity index (χ2v) is 6.31. The second kappa shape index (κ2) is 6.19. The van der Waals surface area contributed by atoms with Gasteiger partial charge >= 0.3 is 0 Å². The van der Waals surface area contributed by atoms with E-state index in [0.29, 0.717) is 18.2 Å². The summed E-state index contributed by atoms with van der Waals surface area (Å²) in [5.74, 6) is 1.70. The summed E-state index contributed by atoms with van der Waals surface area (Å²) in [6.07, 6.45) is 8.85. The zero-order valence-corrected chi connectivity index (χ0v) is 11.7. The zero-order valence-electron chi connectivity index (χ0n) is 11.7. The molecule has 0 saturated heterocycles. The molecule has 2 heteroatoms. The largest absolute Gasteiger partial charge is 0.373 e. The van der Waals surface area contributed by atoms with E-state index < -0.39 is 0 Å². The zero-order chi connectivity index (χ0) is 12.3. The van der Waals surface area contributed by atoms with Crippen molar-refractivity contribution >= 4 is 0 Å². The molecule has 0 radical (unpaired) electrons. The Morgan fingerprint density at radius 2 is 1.76 bits per heavy atom. The molecule has 1 N–H and O–H groups in total. The van der Waals surface area contributed by atoms with Crippen LogP contribution in [0, 0.1) is 11.8 Å². The van der Waals surface area contributed by atoms with E-state index in [2.05, 4.69) is 26.1 Å². The van der Waals surface area contributed by atoms with Crippen LogP contribution in [0.2, 0.25) is 0 Å². The van der Waals surface area contributed by atoms with E-state index in [1.807, 2.05) is 0 Å². The van der Waals surface area contributed by atoms with Crippen LogP contribution in [0.25, 0.3) is 0 Å². The molecule has 2 fully saturated rings. The minimum atomic E-state index is 0.484. The summed E-state index contributed by atoms with van der Waals surface area (Å²) in [5, 5.41) is 3.58. The first kappa shape index (κ1) is 13.4. The summed E-state index contributed by atoms with van der Waals surface area (Å²) in [4.78, 5) is 0. The molecule has 4 atom stereocenters. The maximum absolute atomic E-state index is 6.40. The molecule has 0 spiro atoms. The molecule has 0 aromatic heterocycles. The van der Waals surface area contributed by atoms with Crippen LogP contribution in [-0.4, -0.2) is 24.8 Å². The van der Waals surface area contributed by atoms with Gasteiger partial charge in [-0.05, 0) is 56.9 Å². The first-order chi connectivity index (χ1) is 8.19. The Morgan fingerprint density at radius 3 is 2.41 bits per heavy atom. The van der Waals surface area contributed by atoms with Gasteiger partial charge in [0.25, 0.3) is 0 Å². The lowest BCUT2D eigenvalue weighted by Crippen LogP contribution is -2.40. The first-order valence-corrected chi connectivity index (χ1v) is 7.57. The smallest absolute Gasteiger partial charge is 0.0731 e. The third kappa shape index (κ3) is 3.69. The highest BCUT2D eigenvalue weighted by Gasteiger charge is 2.32. The molecule has 0 heterocycles. The Bertz CT molecular complexity index is 221. The SMILES string of the molecule is CCNC1CCCC1OC1CC(C)CC(C)C1. The molecule has 2 saturated carbocycles. The molecule has 17 heavy (non-hydrogen) atoms. The molecule has 0 aromatic carbocycles. The number of hydrogen-bond acceptors (Lipinski definition) is 2. The summed E-state index contributed by atoms with van der Waals surface area (Å²) >= 11 is 0. The molecule has 2 aliphatic rings. The Labute approximate surface area is 107 Å². The summed E-state index contributed by atoms with van der Waals surface area (Å²) in [5.41, 5.74) is 0. The van der Waals surface area contributed by atoms with Gasteiger partial charge in [0, 0.05) is 6.04 Å². The van der Waals surface area contributed by atoms with Crippen LogP contribution < -0.4 is 5.32 Å². The average molecular weight is 239 g/mol. The quantitative estimate of drug-likeness (QED) is 0.812. The summed E-state index contributed by atoms with van der Waals surface area (Å²) in [7, 11) is 0. The fourth-order valence-corrected chi connectivity index (χ4v) is 3.82. The Morgan fingerprint density at radius 1 is 1.06 bits per heavy atom. The Kier molecular flexibility index (Phi) is 4.87. The van der Waals surface area contributed by atoms with Gasteiger partial charge < -0.3 is 10.1 Å². The van der Waals surface area contributed by atoms with E-state index in [1.165, 1.54) is 38.5 Å². The maximum Gasteiger partial charge on any atom is 0.0731 e. The molecular formula is C15H29NO. The average Bonchev–Trinajstić information content (AvgIpc) is 2.65. The molecule has 0 aliphatic heterocycles. The normalized spacial score (nSPS) is 42.9. The molecule has 0 amide bonds. The number of nitrogens with one attached hydrogen (secondary N) is 1. The van der Waals surface area contributed by atoms with Gasteiger partial charge in [-0.1, -0.05) is 20.8 Å². The van der Waals surface area contributed by atoms with Gasteiger partial charge in [0.05, 0.1) is 12.2 Å². The van der Waals surface area contributed by atoms with Gasteiger partial charge in [0.15, 0.2) is 0 Å². The molecule has 0 aromatic rings. The number of hydrogen-bond donors (Lipinski definition) is 1. The number of ether oxygens (including phenoxy) is 1. The third-order valence-corrected chi connectivity index (χ3v) is 4.42. The summed E-state index contributed by atoms with van der Waals surface area (Å²) < 4.78 is 6.40. The van der Waals surface area contributed by atoms with Crippen molar-refractivity contribution in [1.82, 2.24) is 5.32 Å². The van der Waals surface area contributed by atoms with E-state index in [4.69, 9.17) is 4.74 Å². The van der Waals surface area contributed by atoms with Gasteiger partial charge in [0.1, 0.15) is 0 Å². The Balaban J connectivity index is 1.82. The van der Waals surface area contributed by atoms with Gasteiger partial charge in [-0.3, -0.25) is 0 Å². The van der Waals surface area contributed by atoms with Crippen molar-refractivity contribution < 1.29 is 4.74 Å². The van der Waals surface area contributed by atoms with Crippen LogP contribution >= 0.6 is 0 Å². The van der Waals surface area contributed by atoms with Crippen LogP contribution in [0.3, 0.4) is 0 Å². The summed E-state index contributed by atoms with van der Waals surface area (Å²) in [6.45, 7) is 8.02. The third-order valence-electron chi connectivity index (χ3n) is 4.42. The lowest BCUT2D eigenvalue weighted by Gasteiger charge is -2.34. The fourth-order valence-electron chi connectivity index (χ4n) is 3.82. The van der Waals surface area contributed by atoms with Crippen molar-refractivity contribution in [1.29, 1.82) is 0 Å². The lowest BCUT2D eigenvalue weighted by molar-refractivity contribution is -0.0551. The topological polar surface area (TPSA) is 21.3 Å². The predicted molar refractivity (Wildman–Crippen MR) is 72.2 cm³/mol. The van der Waals surface area contributed by atoms with Gasteiger partial charge in [-0.25, -0.2) is 0 Å². The number of rotatable bonds is 4. The van der Waals surface area contributed by atoms with Crippen LogP contribution in [-0.2, 0) is 4.74 Å². The minimum Gasteiger partial charge on any atom is -0.373 e. The highest BCUT2D eigenvalue weighted by atomic mass is 16.5. The molecule has 2 nitrogen and oxygen atoms in total. The van der Waals surface area contributed by atoms with E-state index in [-0.39, 0.29) is 0 Å². The van der Waals surface area contributed by atoms with Crippen molar-refractivity contribution in [3.8, 4) is 0 Å². The van der Waals surface area contributed by atoms with Crippen LogP contribution in [0.15, 0.2) is 0 Å². The highest BCUT2D eigenvalue weighted by molar-refractivity contribution is 4.86. The lowest BCUT2D eigenvalue weighted by atomic mass is 9.81. The van der Waals surface area contributed by atoms with Crippen molar-refractivity contribution in [2.24, 2.45) is 11.8 Å². The van der Waals surface area contributed by atoms with Crippen LogP contribution in [0.1, 0.15) is 59.3 Å². The van der Waals surface area contributed by atoms with Crippen LogP contribution in [0.4, 0.5) is 0 Å². The first-order valence-electron chi connectivity index (χ1n) is 7.57. The molecule has 0 bridgehead atoms. The molecular weight excluding hydrogens is 210 g/mol. The minimum absolute atomic E-state index is 0.484. The maximum atomic E-state index is 6.40. The fraction of sp³-hybridized carbons (Fsp3) is 1.00. The van der Waals surface area contributed by atoms with E-state index >= 15 is 0 Å². The van der Waals surface area contributed by atoms with Crippen molar-refractivity contribution in [3.63, 3.8) is 0 Å². The van der Waals surface area contributed by atoms with E-state index in [0.717, 1.165) is 18.4 Å². The molecule has 2 aliphatic carbocycles. The predicted octanol–water partition coefficient (Wildman–Crippen LogP) is 3.36. The highest BCUT2D eigenvalue weighted by Crippen LogP contribution is 2.33. The van der Waals surface area contributed by atoms with E-state index in [1.54, 1.807) is 0 Å². The van der Waals surface area contributed by atoms with Gasteiger partial charge in [-0.15, -0.1) is 0 Å². The van der Waals surface area contributed by atoms with Crippen molar-refractivity contribution in [3.05, 3.63) is 0 Å². The van der Waals surface area contributed by atoms with Gasteiger partial charge in [0.2, 0.25) is 0 Å².